The molecule has 0 saturated carbocycles. The molecule has 0 N–H and O–H groups in total. The van der Waals surface area contributed by atoms with Crippen LogP contribution in [0.1, 0.15) is 60.1 Å². The van der Waals surface area contributed by atoms with Crippen LogP contribution in [0.25, 0.3) is 11.0 Å². The molecule has 1 amide bonds. The number of amides is 1. The molecular formula is C29H39F2N3O6. The van der Waals surface area contributed by atoms with Crippen molar-refractivity contribution in [1.82, 2.24) is 14.9 Å². The Hall–Kier alpha value is -3.50. The van der Waals surface area contributed by atoms with Crippen molar-refractivity contribution in [3.63, 3.8) is 0 Å². The first-order valence-corrected chi connectivity index (χ1v) is 13.4. The number of allylic oxidation sites excluding steroid dienone is 1. The molecule has 2 heterocycles. The van der Waals surface area contributed by atoms with Gasteiger partial charge in [-0.15, -0.1) is 0 Å². The van der Waals surface area contributed by atoms with Gasteiger partial charge in [0.2, 0.25) is 5.88 Å². The molecule has 40 heavy (non-hydrogen) atoms. The minimum absolute atomic E-state index is 0.0746. The predicted octanol–water partition coefficient (Wildman–Crippen LogP) is 5.90. The highest BCUT2D eigenvalue weighted by atomic mass is 19.3. The first-order valence-electron chi connectivity index (χ1n) is 13.4. The SMILES string of the molecule is C=CC(F)(F)c1nc2ccc(OC)cc2nc1O[C@H]1CN(C(=O)OC(C)(C)C)[C@H](C(=O)OCC(C)C)[C@@H]1CCC. The second kappa shape index (κ2) is 12.3. The number of methoxy groups -OCH3 is 1. The number of rotatable bonds is 10. The molecule has 9 nitrogen and oxygen atoms in total. The van der Waals surface area contributed by atoms with E-state index < -0.39 is 53.2 Å². The molecular weight excluding hydrogens is 524 g/mol. The average molecular weight is 564 g/mol. The fourth-order valence-corrected chi connectivity index (χ4v) is 4.51. The lowest BCUT2D eigenvalue weighted by Gasteiger charge is -2.29. The fraction of sp³-hybridized carbons (Fsp3) is 0.586. The van der Waals surface area contributed by atoms with E-state index in [1.54, 1.807) is 32.9 Å². The first-order chi connectivity index (χ1) is 18.7. The van der Waals surface area contributed by atoms with Gasteiger partial charge < -0.3 is 18.9 Å². The maximum atomic E-state index is 15.0. The zero-order valence-corrected chi connectivity index (χ0v) is 24.2. The normalized spacial score (nSPS) is 19.6. The number of esters is 1. The predicted molar refractivity (Wildman–Crippen MR) is 146 cm³/mol. The smallest absolute Gasteiger partial charge is 0.411 e. The highest BCUT2D eigenvalue weighted by Crippen LogP contribution is 2.39. The van der Waals surface area contributed by atoms with Gasteiger partial charge in [-0.3, -0.25) is 4.90 Å². The number of halogens is 2. The third-order valence-corrected chi connectivity index (χ3v) is 6.32. The number of aromatic nitrogens is 2. The molecule has 3 rings (SSSR count). The molecule has 1 aliphatic rings. The molecule has 0 unspecified atom stereocenters. The topological polar surface area (TPSA) is 100 Å². The number of ether oxygens (including phenoxy) is 4. The lowest BCUT2D eigenvalue weighted by Crippen LogP contribution is -2.46. The maximum absolute atomic E-state index is 15.0. The van der Waals surface area contributed by atoms with Gasteiger partial charge in [0, 0.05) is 12.0 Å². The number of nitrogens with zero attached hydrogens (tertiary/aromatic N) is 3. The van der Waals surface area contributed by atoms with Gasteiger partial charge in [-0.2, -0.15) is 8.78 Å². The molecule has 0 bridgehead atoms. The Kier molecular flexibility index (Phi) is 9.58. The highest BCUT2D eigenvalue weighted by Gasteiger charge is 2.51. The minimum Gasteiger partial charge on any atom is -0.497 e. The number of carbonyl (C=O) groups is 2. The van der Waals surface area contributed by atoms with E-state index in [9.17, 15) is 9.59 Å². The molecule has 1 fully saturated rings. The van der Waals surface area contributed by atoms with E-state index in [1.807, 2.05) is 20.8 Å². The van der Waals surface area contributed by atoms with Gasteiger partial charge >= 0.3 is 18.0 Å². The van der Waals surface area contributed by atoms with E-state index in [1.165, 1.54) is 18.1 Å². The quantitative estimate of drug-likeness (QED) is 0.260. The monoisotopic (exact) mass is 563 g/mol. The van der Waals surface area contributed by atoms with Crippen molar-refractivity contribution in [2.24, 2.45) is 11.8 Å². The Bertz CT molecular complexity index is 1230. The summed E-state index contributed by atoms with van der Waals surface area (Å²) in [4.78, 5) is 36.4. The van der Waals surface area contributed by atoms with E-state index >= 15 is 8.78 Å². The van der Waals surface area contributed by atoms with E-state index in [0.717, 1.165) is 0 Å². The van der Waals surface area contributed by atoms with Crippen LogP contribution in [0.15, 0.2) is 30.9 Å². The van der Waals surface area contributed by atoms with Crippen molar-refractivity contribution >= 4 is 23.1 Å². The highest BCUT2D eigenvalue weighted by molar-refractivity contribution is 5.83. The van der Waals surface area contributed by atoms with E-state index in [-0.39, 0.29) is 30.1 Å². The van der Waals surface area contributed by atoms with Gasteiger partial charge in [0.1, 0.15) is 23.5 Å². The van der Waals surface area contributed by atoms with Crippen LogP contribution in [0.3, 0.4) is 0 Å². The lowest BCUT2D eigenvalue weighted by molar-refractivity contribution is -0.151. The van der Waals surface area contributed by atoms with Gasteiger partial charge in [0.15, 0.2) is 5.69 Å². The molecule has 0 aliphatic carbocycles. The summed E-state index contributed by atoms with van der Waals surface area (Å²) in [5.74, 6) is -4.62. The van der Waals surface area contributed by atoms with Crippen LogP contribution < -0.4 is 9.47 Å². The zero-order chi connectivity index (χ0) is 29.8. The Morgan fingerprint density at radius 2 is 1.90 bits per heavy atom. The van der Waals surface area contributed by atoms with Gasteiger partial charge in [-0.05, 0) is 51.3 Å². The Morgan fingerprint density at radius 3 is 2.48 bits per heavy atom. The number of benzene rings is 1. The summed E-state index contributed by atoms with van der Waals surface area (Å²) in [5.41, 5.74) is -1.05. The summed E-state index contributed by atoms with van der Waals surface area (Å²) in [7, 11) is 1.48. The Morgan fingerprint density at radius 1 is 1.20 bits per heavy atom. The number of fused-ring (bicyclic) bond motifs is 1. The Balaban J connectivity index is 2.09. The van der Waals surface area contributed by atoms with Crippen molar-refractivity contribution in [3.8, 4) is 11.6 Å². The van der Waals surface area contributed by atoms with Crippen LogP contribution in [-0.2, 0) is 20.2 Å². The van der Waals surface area contributed by atoms with Crippen LogP contribution in [-0.4, -0.2) is 64.9 Å². The number of hydrogen-bond donors (Lipinski definition) is 0. The third kappa shape index (κ3) is 7.17. The molecule has 3 atom stereocenters. The second-order valence-corrected chi connectivity index (χ2v) is 11.3. The van der Waals surface area contributed by atoms with Crippen molar-refractivity contribution in [3.05, 3.63) is 36.5 Å². The molecule has 0 radical (unpaired) electrons. The third-order valence-electron chi connectivity index (χ3n) is 6.32. The van der Waals surface area contributed by atoms with Gasteiger partial charge in [-0.1, -0.05) is 33.8 Å². The standard InChI is InChI=1S/C29H39F2N3O6/c1-9-11-19-22(15-34(27(36)40-28(5,6)7)23(19)26(35)38-16-17(3)4)39-25-24(29(30,31)10-2)32-20-13-12-18(37-8)14-21(20)33-25/h10,12-14,17,19,22-23H,2,9,11,15-16H2,1,3-8H3/t19-,22+,23+/m1/s1. The Labute approximate surface area is 233 Å². The minimum atomic E-state index is -3.56. The van der Waals surface area contributed by atoms with Crippen molar-refractivity contribution in [2.75, 3.05) is 20.3 Å². The summed E-state index contributed by atoms with van der Waals surface area (Å²) in [6.07, 6.45) is -0.0427. The summed E-state index contributed by atoms with van der Waals surface area (Å²) < 4.78 is 52.6. The molecule has 1 saturated heterocycles. The van der Waals surface area contributed by atoms with Gasteiger partial charge in [-0.25, -0.2) is 19.6 Å². The molecule has 1 aromatic carbocycles. The molecule has 1 aliphatic heterocycles. The van der Waals surface area contributed by atoms with Crippen LogP contribution in [0.4, 0.5) is 13.6 Å². The maximum Gasteiger partial charge on any atom is 0.411 e. The van der Waals surface area contributed by atoms with Crippen LogP contribution in [0.5, 0.6) is 11.6 Å². The number of carbonyl (C=O) groups excluding carboxylic acids is 2. The average Bonchev–Trinajstić information content (AvgIpc) is 3.23. The lowest BCUT2D eigenvalue weighted by atomic mass is 9.93. The van der Waals surface area contributed by atoms with Crippen LogP contribution >= 0.6 is 0 Å². The molecule has 11 heteroatoms. The van der Waals surface area contributed by atoms with Crippen molar-refractivity contribution < 1.29 is 37.3 Å². The number of likely N-dealkylation sites (tertiary alicyclic amines) is 1. The summed E-state index contributed by atoms with van der Waals surface area (Å²) in [5, 5.41) is 0. The fourth-order valence-electron chi connectivity index (χ4n) is 4.51. The number of hydrogen-bond acceptors (Lipinski definition) is 8. The molecule has 220 valence electrons. The van der Waals surface area contributed by atoms with E-state index in [2.05, 4.69) is 16.5 Å². The molecule has 1 aromatic heterocycles. The van der Waals surface area contributed by atoms with Crippen LogP contribution in [0, 0.1) is 11.8 Å². The summed E-state index contributed by atoms with van der Waals surface area (Å²) in [6.45, 7) is 14.2. The van der Waals surface area contributed by atoms with Gasteiger partial charge in [0.05, 0.1) is 31.3 Å². The zero-order valence-electron chi connectivity index (χ0n) is 24.2. The summed E-state index contributed by atoms with van der Waals surface area (Å²) in [6, 6.07) is 3.64. The number of alkyl halides is 2. The van der Waals surface area contributed by atoms with Crippen molar-refractivity contribution in [2.45, 2.75) is 78.1 Å². The molecule has 0 spiro atoms. The second-order valence-electron chi connectivity index (χ2n) is 11.3. The first kappa shape index (κ1) is 31.0. The largest absolute Gasteiger partial charge is 0.497 e. The van der Waals surface area contributed by atoms with Crippen molar-refractivity contribution in [1.29, 1.82) is 0 Å². The van der Waals surface area contributed by atoms with E-state index in [0.29, 0.717) is 24.7 Å². The molecule has 2 aromatic rings. The summed E-state index contributed by atoms with van der Waals surface area (Å²) >= 11 is 0. The van der Waals surface area contributed by atoms with E-state index in [4.69, 9.17) is 18.9 Å². The van der Waals surface area contributed by atoms with Crippen LogP contribution in [0.2, 0.25) is 0 Å². The van der Waals surface area contributed by atoms with Gasteiger partial charge in [0.25, 0.3) is 0 Å².